The van der Waals surface area contributed by atoms with Crippen LogP contribution in [0.4, 0.5) is 0 Å². The molecule has 0 saturated heterocycles. The second-order valence-corrected chi connectivity index (χ2v) is 11.4. The molecule has 7 nitrogen and oxygen atoms in total. The molecule has 0 bridgehead atoms. The summed E-state index contributed by atoms with van der Waals surface area (Å²) in [5, 5.41) is 21.0. The summed E-state index contributed by atoms with van der Waals surface area (Å²) in [6.45, 7) is 8.71. The number of fused-ring (bicyclic) bond motifs is 1. The quantitative estimate of drug-likeness (QED) is 0.367. The molecule has 6 atom stereocenters. The average molecular weight is 515 g/mol. The average Bonchev–Trinajstić information content (AvgIpc) is 3.23. The van der Waals surface area contributed by atoms with E-state index in [9.17, 15) is 15.0 Å². The molecular formula is C30H42O7. The molecule has 204 valence electrons. The third kappa shape index (κ3) is 4.88. The minimum Gasteiger partial charge on any atom is -0.493 e. The molecule has 3 aliphatic rings. The van der Waals surface area contributed by atoms with Crippen LogP contribution in [-0.4, -0.2) is 56.3 Å². The Morgan fingerprint density at radius 3 is 2.38 bits per heavy atom. The van der Waals surface area contributed by atoms with Gasteiger partial charge < -0.3 is 29.2 Å². The van der Waals surface area contributed by atoms with Gasteiger partial charge in [0.25, 0.3) is 0 Å². The number of hydrogen-bond donors (Lipinski definition) is 2. The monoisotopic (exact) mass is 514 g/mol. The van der Waals surface area contributed by atoms with Gasteiger partial charge in [0.2, 0.25) is 5.75 Å². The Kier molecular flexibility index (Phi) is 7.96. The van der Waals surface area contributed by atoms with Crippen molar-refractivity contribution in [3.05, 3.63) is 41.5 Å². The van der Waals surface area contributed by atoms with E-state index in [2.05, 4.69) is 13.5 Å². The van der Waals surface area contributed by atoms with Gasteiger partial charge in [-0.1, -0.05) is 26.0 Å². The van der Waals surface area contributed by atoms with Crippen LogP contribution in [0.15, 0.2) is 35.9 Å². The fourth-order valence-corrected chi connectivity index (χ4v) is 7.34. The lowest BCUT2D eigenvalue weighted by atomic mass is 9.46. The van der Waals surface area contributed by atoms with Gasteiger partial charge in [0, 0.05) is 17.4 Å². The Hall–Kier alpha value is -2.51. The molecule has 0 aromatic heterocycles. The van der Waals surface area contributed by atoms with Crippen molar-refractivity contribution in [2.75, 3.05) is 27.9 Å². The summed E-state index contributed by atoms with van der Waals surface area (Å²) in [6.07, 6.45) is 6.42. The first-order chi connectivity index (χ1) is 17.6. The van der Waals surface area contributed by atoms with Crippen molar-refractivity contribution < 1.29 is 34.0 Å². The Morgan fingerprint density at radius 1 is 1.11 bits per heavy atom. The molecule has 2 fully saturated rings. The highest BCUT2D eigenvalue weighted by molar-refractivity contribution is 5.90. The number of carbonyl (C=O) groups is 1. The Morgan fingerprint density at radius 2 is 1.78 bits per heavy atom. The largest absolute Gasteiger partial charge is 0.493 e. The fourth-order valence-electron chi connectivity index (χ4n) is 7.34. The first-order valence-corrected chi connectivity index (χ1v) is 13.3. The molecule has 7 heteroatoms. The SMILES string of the molecule is C=C1CC[C@@H]2[C@](C)(CO)[C@H](O)CC[C@@]2(C)[C@@H]1CCC1=CC(Cc2cc(OC)c(OC)c(OC)c2)OC1=O. The Balaban J connectivity index is 1.48. The molecule has 4 rings (SSSR count). The highest BCUT2D eigenvalue weighted by Gasteiger charge is 2.57. The van der Waals surface area contributed by atoms with Gasteiger partial charge in [0.1, 0.15) is 6.10 Å². The molecule has 1 heterocycles. The van der Waals surface area contributed by atoms with E-state index < -0.39 is 11.5 Å². The number of aliphatic hydroxyl groups excluding tert-OH is 2. The number of aliphatic hydroxyl groups is 2. The molecule has 2 N–H and O–H groups in total. The van der Waals surface area contributed by atoms with Crippen LogP contribution in [0, 0.1) is 22.7 Å². The third-order valence-electron chi connectivity index (χ3n) is 9.46. The second-order valence-electron chi connectivity index (χ2n) is 11.4. The topological polar surface area (TPSA) is 94.5 Å². The third-order valence-corrected chi connectivity index (χ3v) is 9.46. The van der Waals surface area contributed by atoms with Crippen LogP contribution in [0.25, 0.3) is 0 Å². The lowest BCUT2D eigenvalue weighted by Crippen LogP contribution is -2.57. The van der Waals surface area contributed by atoms with Crippen LogP contribution in [-0.2, 0) is 16.0 Å². The van der Waals surface area contributed by atoms with Gasteiger partial charge >= 0.3 is 5.97 Å². The molecular weight excluding hydrogens is 472 g/mol. The minimum absolute atomic E-state index is 0.0201. The highest BCUT2D eigenvalue weighted by Crippen LogP contribution is 2.62. The summed E-state index contributed by atoms with van der Waals surface area (Å²) in [5.41, 5.74) is 2.27. The molecule has 2 saturated carbocycles. The van der Waals surface area contributed by atoms with Crippen molar-refractivity contribution in [3.63, 3.8) is 0 Å². The van der Waals surface area contributed by atoms with Gasteiger partial charge in [-0.15, -0.1) is 0 Å². The van der Waals surface area contributed by atoms with Crippen LogP contribution in [0.3, 0.4) is 0 Å². The molecule has 1 unspecified atom stereocenters. The highest BCUT2D eigenvalue weighted by atomic mass is 16.5. The van der Waals surface area contributed by atoms with Crippen molar-refractivity contribution in [2.45, 2.75) is 71.0 Å². The van der Waals surface area contributed by atoms with E-state index in [0.717, 1.165) is 31.2 Å². The lowest BCUT2D eigenvalue weighted by molar-refractivity contribution is -0.152. The number of cyclic esters (lactones) is 1. The number of carbonyl (C=O) groups excluding carboxylic acids is 1. The standard InChI is InChI=1S/C30H42O7/c1-18-7-10-25-29(2,12-11-26(32)30(25,3)17-31)22(18)9-8-20-16-21(37-28(20)33)13-19-14-23(34-4)27(36-6)24(15-19)35-5/h14-16,21-22,25-26,31-32H,1,7-13,17H2,2-6H3/t21?,22-,25+,26-,29+,30+/m1/s1. The van der Waals surface area contributed by atoms with Crippen LogP contribution in [0.1, 0.15) is 57.9 Å². The predicted molar refractivity (Wildman–Crippen MR) is 141 cm³/mol. The minimum atomic E-state index is -0.511. The molecule has 1 aromatic rings. The summed E-state index contributed by atoms with van der Waals surface area (Å²) in [7, 11) is 4.72. The lowest BCUT2D eigenvalue weighted by Gasteiger charge is -2.60. The van der Waals surface area contributed by atoms with Gasteiger partial charge in [0.15, 0.2) is 11.5 Å². The fraction of sp³-hybridized carbons (Fsp3) is 0.633. The second kappa shape index (κ2) is 10.7. The molecule has 37 heavy (non-hydrogen) atoms. The van der Waals surface area contributed by atoms with Gasteiger partial charge in [-0.05, 0) is 79.5 Å². The first-order valence-electron chi connectivity index (χ1n) is 13.3. The van der Waals surface area contributed by atoms with Crippen molar-refractivity contribution >= 4 is 5.97 Å². The summed E-state index contributed by atoms with van der Waals surface area (Å²) in [5.74, 6) is 1.84. The van der Waals surface area contributed by atoms with Crippen molar-refractivity contribution in [1.29, 1.82) is 0 Å². The smallest absolute Gasteiger partial charge is 0.334 e. The number of ether oxygens (including phenoxy) is 4. The number of benzene rings is 1. The molecule has 0 amide bonds. The van der Waals surface area contributed by atoms with E-state index in [1.807, 2.05) is 25.1 Å². The van der Waals surface area contributed by atoms with Crippen molar-refractivity contribution in [1.82, 2.24) is 0 Å². The summed E-state index contributed by atoms with van der Waals surface area (Å²) < 4.78 is 22.0. The Labute approximate surface area is 220 Å². The molecule has 1 aromatic carbocycles. The van der Waals surface area contributed by atoms with E-state index in [1.54, 1.807) is 21.3 Å². The van der Waals surface area contributed by atoms with Crippen LogP contribution in [0.5, 0.6) is 17.2 Å². The van der Waals surface area contributed by atoms with Gasteiger partial charge in [-0.2, -0.15) is 0 Å². The van der Waals surface area contributed by atoms with Crippen LogP contribution >= 0.6 is 0 Å². The normalized spacial score (nSPS) is 33.4. The van der Waals surface area contributed by atoms with Crippen LogP contribution in [0.2, 0.25) is 0 Å². The maximum atomic E-state index is 12.8. The molecule has 0 spiro atoms. The van der Waals surface area contributed by atoms with E-state index in [4.69, 9.17) is 18.9 Å². The van der Waals surface area contributed by atoms with Crippen molar-refractivity contribution in [3.8, 4) is 17.2 Å². The number of esters is 1. The van der Waals surface area contributed by atoms with E-state index in [0.29, 0.717) is 42.1 Å². The summed E-state index contributed by atoms with van der Waals surface area (Å²) >= 11 is 0. The van der Waals surface area contributed by atoms with Crippen molar-refractivity contribution in [2.24, 2.45) is 22.7 Å². The molecule has 2 aliphatic carbocycles. The maximum absolute atomic E-state index is 12.8. The zero-order valence-electron chi connectivity index (χ0n) is 22.8. The number of hydrogen-bond acceptors (Lipinski definition) is 7. The van der Waals surface area contributed by atoms with E-state index in [1.165, 1.54) is 5.57 Å². The van der Waals surface area contributed by atoms with E-state index in [-0.39, 0.29) is 35.9 Å². The van der Waals surface area contributed by atoms with Gasteiger partial charge in [0.05, 0.1) is 34.0 Å². The molecule has 1 aliphatic heterocycles. The first kappa shape index (κ1) is 27.5. The van der Waals surface area contributed by atoms with Crippen LogP contribution < -0.4 is 14.2 Å². The number of methoxy groups -OCH3 is 3. The zero-order chi connectivity index (χ0) is 27.0. The number of rotatable bonds is 9. The predicted octanol–water partition coefficient (Wildman–Crippen LogP) is 4.63. The number of allylic oxidation sites excluding steroid dienone is 1. The zero-order valence-corrected chi connectivity index (χ0v) is 22.8. The van der Waals surface area contributed by atoms with E-state index >= 15 is 0 Å². The summed E-state index contributed by atoms with van der Waals surface area (Å²) in [4.78, 5) is 12.8. The molecule has 0 radical (unpaired) electrons. The maximum Gasteiger partial charge on any atom is 0.334 e. The Bertz CT molecular complexity index is 1040. The van der Waals surface area contributed by atoms with Gasteiger partial charge in [-0.3, -0.25) is 0 Å². The van der Waals surface area contributed by atoms with Gasteiger partial charge in [-0.25, -0.2) is 4.79 Å². The summed E-state index contributed by atoms with van der Waals surface area (Å²) in [6, 6.07) is 3.76.